The van der Waals surface area contributed by atoms with Crippen LogP contribution in [-0.4, -0.2) is 70.3 Å². The number of carbonyl (C=O) groups excluding carboxylic acids is 1. The van der Waals surface area contributed by atoms with Crippen LogP contribution in [0.25, 0.3) is 0 Å². The third-order valence-corrected chi connectivity index (χ3v) is 8.38. The molecule has 4 aliphatic rings. The number of rotatable bonds is 1. The lowest BCUT2D eigenvalue weighted by Gasteiger charge is -2.62. The average Bonchev–Trinajstić information content (AvgIpc) is 3.17. The maximum Gasteiger partial charge on any atom is 0.299 e. The first-order valence-corrected chi connectivity index (χ1v) is 11.8. The summed E-state index contributed by atoms with van der Waals surface area (Å²) in [5, 5.41) is 22.8. The number of aliphatic hydroxyl groups is 1. The molecule has 6 nitrogen and oxygen atoms in total. The number of amides is 1. The van der Waals surface area contributed by atoms with Crippen LogP contribution in [-0.2, 0) is 16.6 Å². The van der Waals surface area contributed by atoms with Crippen LogP contribution in [0, 0.1) is 18.8 Å². The van der Waals surface area contributed by atoms with Gasteiger partial charge in [-0.05, 0) is 62.7 Å². The zero-order chi connectivity index (χ0) is 23.8. The predicted octanol–water partition coefficient (Wildman–Crippen LogP) is 2.14. The third kappa shape index (κ3) is 2.63. The molecular weight excluding hydrogens is 428 g/mol. The number of piperidine rings is 1. The van der Waals surface area contributed by atoms with E-state index in [4.69, 9.17) is 4.74 Å². The Morgan fingerprint density at radius 3 is 2.91 bits per heavy atom. The van der Waals surface area contributed by atoms with E-state index in [1.54, 1.807) is 18.0 Å². The molecule has 0 radical (unpaired) electrons. The van der Waals surface area contributed by atoms with Gasteiger partial charge in [-0.3, -0.25) is 9.69 Å². The second-order valence-corrected chi connectivity index (χ2v) is 10.1. The monoisotopic (exact) mass is 456 g/mol. The van der Waals surface area contributed by atoms with Crippen molar-refractivity contribution < 1.29 is 19.7 Å². The minimum Gasteiger partial charge on any atom is -0.504 e. The maximum absolute atomic E-state index is 13.1. The maximum atomic E-state index is 13.1. The topological polar surface area (TPSA) is 73.2 Å². The lowest BCUT2D eigenvalue weighted by Crippen LogP contribution is -2.76. The fourth-order valence-electron chi connectivity index (χ4n) is 6.69. The number of carbonyl (C=O) groups is 1. The Bertz CT molecular complexity index is 1310. The Morgan fingerprint density at radius 1 is 1.29 bits per heavy atom. The molecular formula is C28H28N2O4. The van der Waals surface area contributed by atoms with Gasteiger partial charge >= 0.3 is 0 Å². The number of phenols is 1. The summed E-state index contributed by atoms with van der Waals surface area (Å²) in [4.78, 5) is 16.9. The van der Waals surface area contributed by atoms with Crippen molar-refractivity contribution in [3.8, 4) is 23.3 Å². The molecule has 174 valence electrons. The molecule has 2 aliphatic carbocycles. The number of hydrogen-bond acceptors (Lipinski definition) is 5. The summed E-state index contributed by atoms with van der Waals surface area (Å²) in [5.74, 6) is 5.95. The highest BCUT2D eigenvalue weighted by Gasteiger charge is 2.71. The van der Waals surface area contributed by atoms with Crippen molar-refractivity contribution in [2.75, 3.05) is 20.6 Å². The molecule has 1 fully saturated rings. The summed E-state index contributed by atoms with van der Waals surface area (Å²) in [6.07, 6.45) is 4.59. The normalized spacial score (nSPS) is 32.3. The number of aromatic hydroxyl groups is 1. The van der Waals surface area contributed by atoms with Crippen LogP contribution in [0.4, 0.5) is 0 Å². The van der Waals surface area contributed by atoms with Gasteiger partial charge in [0.05, 0.1) is 11.5 Å². The minimum absolute atomic E-state index is 0.0780. The summed E-state index contributed by atoms with van der Waals surface area (Å²) in [7, 11) is 3.77. The van der Waals surface area contributed by atoms with Crippen LogP contribution < -0.4 is 4.74 Å². The zero-order valence-electron chi connectivity index (χ0n) is 19.6. The molecule has 0 saturated carbocycles. The van der Waals surface area contributed by atoms with Gasteiger partial charge in [0, 0.05) is 30.1 Å². The zero-order valence-corrected chi connectivity index (χ0v) is 19.6. The number of phenolic OH excluding ortho intramolecular Hbond substituents is 1. The molecule has 2 aliphatic heterocycles. The molecule has 2 bridgehead atoms. The number of aryl methyl sites for hydroxylation is 1. The van der Waals surface area contributed by atoms with Crippen molar-refractivity contribution in [3.63, 3.8) is 0 Å². The first kappa shape index (κ1) is 21.3. The van der Waals surface area contributed by atoms with Gasteiger partial charge in [-0.2, -0.15) is 0 Å². The second-order valence-electron chi connectivity index (χ2n) is 10.1. The van der Waals surface area contributed by atoms with Crippen LogP contribution in [0.15, 0.2) is 48.6 Å². The van der Waals surface area contributed by atoms with Crippen LogP contribution in [0.3, 0.4) is 0 Å². The van der Waals surface area contributed by atoms with E-state index in [-0.39, 0.29) is 17.7 Å². The highest BCUT2D eigenvalue weighted by Crippen LogP contribution is 2.64. The summed E-state index contributed by atoms with van der Waals surface area (Å²) in [6, 6.07) is 10.8. The number of ether oxygens (including phenoxy) is 1. The summed E-state index contributed by atoms with van der Waals surface area (Å²) in [6.45, 7) is 2.79. The standard InChI is InChI=1S/C28H28N2O4/c1-17-5-4-6-18(15-17)7-10-23(32)30(3)20-11-12-28(33)22-16-19-8-9-21(31)25-24(19)27(28,26(20)34-25)13-14-29(22)2/h4-6,8-9,11-12,15,20,22,26,31,33H,13-14,16H2,1-3H3/t20-,22+,26-,27-,28+/m0/s1. The lowest BCUT2D eigenvalue weighted by molar-refractivity contribution is -0.150. The van der Waals surface area contributed by atoms with Gasteiger partial charge in [0.2, 0.25) is 0 Å². The highest BCUT2D eigenvalue weighted by molar-refractivity contribution is 5.94. The van der Waals surface area contributed by atoms with Crippen molar-refractivity contribution in [1.29, 1.82) is 0 Å². The predicted molar refractivity (Wildman–Crippen MR) is 128 cm³/mol. The minimum atomic E-state index is -1.15. The second kappa shape index (κ2) is 7.11. The van der Waals surface area contributed by atoms with Crippen LogP contribution in [0.5, 0.6) is 11.5 Å². The fourth-order valence-corrected chi connectivity index (χ4v) is 6.69. The summed E-state index contributed by atoms with van der Waals surface area (Å²) in [5.41, 5.74) is 2.00. The first-order valence-electron chi connectivity index (χ1n) is 11.8. The number of benzene rings is 2. The number of nitrogens with zero attached hydrogens (tertiary/aromatic N) is 2. The van der Waals surface area contributed by atoms with E-state index in [1.165, 1.54) is 0 Å². The molecule has 1 saturated heterocycles. The molecule has 2 aromatic carbocycles. The summed E-state index contributed by atoms with van der Waals surface area (Å²) >= 11 is 0. The fraction of sp³-hybridized carbons (Fsp3) is 0.393. The molecule has 0 unspecified atom stereocenters. The lowest BCUT2D eigenvalue weighted by atomic mass is 9.50. The van der Waals surface area contributed by atoms with Crippen molar-refractivity contribution in [3.05, 3.63) is 70.8 Å². The Kier molecular flexibility index (Phi) is 4.45. The molecule has 1 spiro atoms. The van der Waals surface area contributed by atoms with Gasteiger partial charge in [0.15, 0.2) is 11.5 Å². The van der Waals surface area contributed by atoms with Gasteiger partial charge in [0.25, 0.3) is 5.91 Å². The third-order valence-electron chi connectivity index (χ3n) is 8.38. The van der Waals surface area contributed by atoms with Gasteiger partial charge in [-0.15, -0.1) is 0 Å². The van der Waals surface area contributed by atoms with E-state index in [0.29, 0.717) is 18.6 Å². The first-order chi connectivity index (χ1) is 16.3. The van der Waals surface area contributed by atoms with E-state index < -0.39 is 23.2 Å². The molecule has 0 aromatic heterocycles. The SMILES string of the molecule is Cc1cccc(C#CC(=O)N(C)[C@H]2C=C[C@@]3(O)[C@H]4Cc5ccc(O)c6c5[C@@]3(CCN4C)[C@H]2O6)c1. The average molecular weight is 457 g/mol. The van der Waals surface area contributed by atoms with Crippen LogP contribution in [0.1, 0.15) is 28.7 Å². The van der Waals surface area contributed by atoms with Gasteiger partial charge in [0.1, 0.15) is 11.7 Å². The molecule has 1 amide bonds. The van der Waals surface area contributed by atoms with E-state index >= 15 is 0 Å². The molecule has 34 heavy (non-hydrogen) atoms. The quantitative estimate of drug-likeness (QED) is 0.508. The molecule has 6 heteroatoms. The Labute approximate surface area is 199 Å². The molecule has 2 heterocycles. The number of likely N-dealkylation sites (tertiary alicyclic amines) is 1. The Hall–Kier alpha value is -3.27. The van der Waals surface area contributed by atoms with Crippen molar-refractivity contribution in [2.45, 2.75) is 49.0 Å². The molecule has 5 atom stereocenters. The summed E-state index contributed by atoms with van der Waals surface area (Å²) < 4.78 is 6.45. The molecule has 2 N–H and O–H groups in total. The Morgan fingerprint density at radius 2 is 2.12 bits per heavy atom. The molecule has 6 rings (SSSR count). The van der Waals surface area contributed by atoms with E-state index in [0.717, 1.165) is 28.8 Å². The largest absolute Gasteiger partial charge is 0.504 e. The van der Waals surface area contributed by atoms with Gasteiger partial charge in [-0.1, -0.05) is 36.3 Å². The number of likely N-dealkylation sites (N-methyl/N-ethyl adjacent to an activating group) is 2. The van der Waals surface area contributed by atoms with Crippen molar-refractivity contribution >= 4 is 5.91 Å². The van der Waals surface area contributed by atoms with Gasteiger partial charge < -0.3 is 19.8 Å². The van der Waals surface area contributed by atoms with E-state index in [1.807, 2.05) is 56.5 Å². The number of hydrogen-bond donors (Lipinski definition) is 2. The van der Waals surface area contributed by atoms with Gasteiger partial charge in [-0.25, -0.2) is 0 Å². The van der Waals surface area contributed by atoms with Crippen molar-refractivity contribution in [2.24, 2.45) is 0 Å². The van der Waals surface area contributed by atoms with E-state index in [2.05, 4.69) is 16.7 Å². The van der Waals surface area contributed by atoms with Crippen LogP contribution >= 0.6 is 0 Å². The van der Waals surface area contributed by atoms with Crippen molar-refractivity contribution in [1.82, 2.24) is 9.80 Å². The van der Waals surface area contributed by atoms with E-state index in [9.17, 15) is 15.0 Å². The molecule has 2 aromatic rings. The highest BCUT2D eigenvalue weighted by atomic mass is 16.5. The van der Waals surface area contributed by atoms with Crippen LogP contribution in [0.2, 0.25) is 0 Å². The Balaban J connectivity index is 1.42. The smallest absolute Gasteiger partial charge is 0.299 e.